The number of likely N-dealkylation sites (tertiary alicyclic amines) is 1. The molecule has 0 bridgehead atoms. The quantitative estimate of drug-likeness (QED) is 0.816. The number of nitrogens with zero attached hydrogens (tertiary/aromatic N) is 3. The number of hydrogen-bond acceptors (Lipinski definition) is 4. The summed E-state index contributed by atoms with van der Waals surface area (Å²) in [5, 5.41) is 8.98. The van der Waals surface area contributed by atoms with Gasteiger partial charge in [0, 0.05) is 30.1 Å². The number of carbonyl (C=O) groups is 1. The molecule has 0 spiro atoms. The van der Waals surface area contributed by atoms with Crippen LogP contribution in [-0.4, -0.2) is 34.1 Å². The van der Waals surface area contributed by atoms with Crippen molar-refractivity contribution in [3.63, 3.8) is 0 Å². The zero-order valence-electron chi connectivity index (χ0n) is 15.0. The zero-order chi connectivity index (χ0) is 18.0. The van der Waals surface area contributed by atoms with E-state index in [9.17, 15) is 4.79 Å². The first-order valence-corrected chi connectivity index (χ1v) is 9.07. The lowest BCUT2D eigenvalue weighted by molar-refractivity contribution is 0.0697. The Morgan fingerprint density at radius 2 is 2.16 bits per heavy atom. The summed E-state index contributed by atoms with van der Waals surface area (Å²) in [4.78, 5) is 14.6. The monoisotopic (exact) mass is 361 g/mol. The van der Waals surface area contributed by atoms with Crippen LogP contribution in [0.25, 0.3) is 0 Å². The maximum absolute atomic E-state index is 12.7. The van der Waals surface area contributed by atoms with Gasteiger partial charge in [0.25, 0.3) is 5.91 Å². The van der Waals surface area contributed by atoms with E-state index in [1.54, 1.807) is 24.3 Å². The van der Waals surface area contributed by atoms with Crippen LogP contribution in [0.2, 0.25) is 5.02 Å². The Kier molecular flexibility index (Phi) is 5.13. The SMILES string of the molecule is CC(C)(C)Cc1nnc(C2CCCN(C(=O)c3cccc(Cl)c3)C2)o1. The molecule has 0 radical (unpaired) electrons. The van der Waals surface area contributed by atoms with Gasteiger partial charge < -0.3 is 9.32 Å². The molecule has 1 aliphatic rings. The summed E-state index contributed by atoms with van der Waals surface area (Å²) in [6.07, 6.45) is 2.63. The lowest BCUT2D eigenvalue weighted by atomic mass is 9.92. The fraction of sp³-hybridized carbons (Fsp3) is 0.526. The molecule has 1 aliphatic heterocycles. The number of benzene rings is 1. The predicted molar refractivity (Wildman–Crippen MR) is 96.8 cm³/mol. The maximum Gasteiger partial charge on any atom is 0.253 e. The molecule has 1 amide bonds. The Bertz CT molecular complexity index is 751. The number of hydrogen-bond donors (Lipinski definition) is 0. The summed E-state index contributed by atoms with van der Waals surface area (Å²) in [5.74, 6) is 1.41. The highest BCUT2D eigenvalue weighted by Crippen LogP contribution is 2.28. The molecule has 6 heteroatoms. The Hall–Kier alpha value is -1.88. The van der Waals surface area contributed by atoms with Crippen molar-refractivity contribution in [1.82, 2.24) is 15.1 Å². The molecule has 1 atom stereocenters. The zero-order valence-corrected chi connectivity index (χ0v) is 15.7. The van der Waals surface area contributed by atoms with Gasteiger partial charge in [-0.1, -0.05) is 38.4 Å². The van der Waals surface area contributed by atoms with Gasteiger partial charge in [-0.3, -0.25) is 4.79 Å². The molecule has 3 rings (SSSR count). The predicted octanol–water partition coefficient (Wildman–Crippen LogP) is 4.33. The van der Waals surface area contributed by atoms with Gasteiger partial charge in [0.1, 0.15) is 0 Å². The van der Waals surface area contributed by atoms with Crippen LogP contribution < -0.4 is 0 Å². The number of rotatable bonds is 3. The highest BCUT2D eigenvalue weighted by atomic mass is 35.5. The molecule has 1 aromatic carbocycles. The highest BCUT2D eigenvalue weighted by Gasteiger charge is 2.29. The number of amides is 1. The van der Waals surface area contributed by atoms with Crippen LogP contribution in [0.5, 0.6) is 0 Å². The van der Waals surface area contributed by atoms with Crippen molar-refractivity contribution >= 4 is 17.5 Å². The van der Waals surface area contributed by atoms with Crippen molar-refractivity contribution in [2.45, 2.75) is 46.0 Å². The molecule has 0 saturated carbocycles. The second-order valence-corrected chi connectivity index (χ2v) is 8.31. The van der Waals surface area contributed by atoms with Gasteiger partial charge >= 0.3 is 0 Å². The van der Waals surface area contributed by atoms with Crippen molar-refractivity contribution in [1.29, 1.82) is 0 Å². The average molecular weight is 362 g/mol. The molecular weight excluding hydrogens is 338 g/mol. The molecule has 5 nitrogen and oxygen atoms in total. The fourth-order valence-electron chi connectivity index (χ4n) is 3.12. The van der Waals surface area contributed by atoms with Gasteiger partial charge in [-0.25, -0.2) is 0 Å². The van der Waals surface area contributed by atoms with E-state index < -0.39 is 0 Å². The first-order chi connectivity index (χ1) is 11.8. The standard InChI is InChI=1S/C19H24ClN3O2/c1-19(2,3)11-16-21-22-17(25-16)14-7-5-9-23(12-14)18(24)13-6-4-8-15(20)10-13/h4,6,8,10,14H,5,7,9,11-12H2,1-3H3. The summed E-state index contributed by atoms with van der Waals surface area (Å²) in [7, 11) is 0. The van der Waals surface area contributed by atoms with Crippen LogP contribution in [0.15, 0.2) is 28.7 Å². The average Bonchev–Trinajstić information content (AvgIpc) is 3.01. The highest BCUT2D eigenvalue weighted by molar-refractivity contribution is 6.30. The molecule has 1 unspecified atom stereocenters. The van der Waals surface area contributed by atoms with Crippen LogP contribution in [0.1, 0.15) is 61.7 Å². The molecule has 0 aliphatic carbocycles. The lowest BCUT2D eigenvalue weighted by Crippen LogP contribution is -2.39. The van der Waals surface area contributed by atoms with Crippen LogP contribution in [0.3, 0.4) is 0 Å². The summed E-state index contributed by atoms with van der Waals surface area (Å²) in [5.41, 5.74) is 0.720. The Morgan fingerprint density at radius 3 is 2.88 bits per heavy atom. The molecule has 2 heterocycles. The van der Waals surface area contributed by atoms with E-state index in [1.165, 1.54) is 0 Å². The lowest BCUT2D eigenvalue weighted by Gasteiger charge is -2.31. The smallest absolute Gasteiger partial charge is 0.253 e. The molecule has 2 aromatic rings. The second-order valence-electron chi connectivity index (χ2n) is 7.87. The molecule has 0 N–H and O–H groups in total. The van der Waals surface area contributed by atoms with Gasteiger partial charge in [0.05, 0.1) is 5.92 Å². The van der Waals surface area contributed by atoms with Gasteiger partial charge in [0.15, 0.2) is 0 Å². The summed E-state index contributed by atoms with van der Waals surface area (Å²) < 4.78 is 5.87. The topological polar surface area (TPSA) is 59.2 Å². The third-order valence-electron chi connectivity index (χ3n) is 4.29. The number of aromatic nitrogens is 2. The fourth-order valence-corrected chi connectivity index (χ4v) is 3.31. The van der Waals surface area contributed by atoms with Crippen molar-refractivity contribution in [2.75, 3.05) is 13.1 Å². The molecule has 134 valence electrons. The van der Waals surface area contributed by atoms with Crippen molar-refractivity contribution in [2.24, 2.45) is 5.41 Å². The first-order valence-electron chi connectivity index (χ1n) is 8.69. The van der Waals surface area contributed by atoms with Crippen LogP contribution in [0, 0.1) is 5.41 Å². The number of piperidine rings is 1. The molecular formula is C19H24ClN3O2. The van der Waals surface area contributed by atoms with Gasteiger partial charge in [-0.2, -0.15) is 0 Å². The second kappa shape index (κ2) is 7.16. The van der Waals surface area contributed by atoms with E-state index in [0.717, 1.165) is 25.8 Å². The number of halogens is 1. The van der Waals surface area contributed by atoms with Gasteiger partial charge in [-0.15, -0.1) is 10.2 Å². The van der Waals surface area contributed by atoms with E-state index in [-0.39, 0.29) is 17.2 Å². The van der Waals surface area contributed by atoms with E-state index in [0.29, 0.717) is 28.9 Å². The summed E-state index contributed by atoms with van der Waals surface area (Å²) in [6.45, 7) is 7.77. The largest absolute Gasteiger partial charge is 0.425 e. The summed E-state index contributed by atoms with van der Waals surface area (Å²) in [6, 6.07) is 7.08. The molecule has 1 aromatic heterocycles. The van der Waals surface area contributed by atoms with E-state index in [4.69, 9.17) is 16.0 Å². The van der Waals surface area contributed by atoms with Gasteiger partial charge in [-0.05, 0) is 36.5 Å². The molecule has 1 saturated heterocycles. The minimum absolute atomic E-state index is 0.00151. The van der Waals surface area contributed by atoms with Crippen LogP contribution in [0.4, 0.5) is 0 Å². The molecule has 1 fully saturated rings. The van der Waals surface area contributed by atoms with Gasteiger partial charge in [0.2, 0.25) is 11.8 Å². The summed E-state index contributed by atoms with van der Waals surface area (Å²) >= 11 is 6.00. The van der Waals surface area contributed by atoms with Crippen molar-refractivity contribution < 1.29 is 9.21 Å². The van der Waals surface area contributed by atoms with Crippen LogP contribution in [-0.2, 0) is 6.42 Å². The minimum Gasteiger partial charge on any atom is -0.425 e. The molecule has 25 heavy (non-hydrogen) atoms. The normalized spacial score (nSPS) is 18.4. The minimum atomic E-state index is 0.00151. The van der Waals surface area contributed by atoms with E-state index >= 15 is 0 Å². The Labute approximate surface area is 153 Å². The van der Waals surface area contributed by atoms with Crippen molar-refractivity contribution in [3.05, 3.63) is 46.6 Å². The third-order valence-corrected chi connectivity index (χ3v) is 4.53. The third kappa shape index (κ3) is 4.60. The van der Waals surface area contributed by atoms with E-state index in [2.05, 4.69) is 31.0 Å². The number of carbonyl (C=O) groups excluding carboxylic acids is 1. The van der Waals surface area contributed by atoms with Crippen molar-refractivity contribution in [3.8, 4) is 0 Å². The first kappa shape index (κ1) is 17.9. The Balaban J connectivity index is 1.70. The van der Waals surface area contributed by atoms with Crippen LogP contribution >= 0.6 is 11.6 Å². The van der Waals surface area contributed by atoms with E-state index in [1.807, 2.05) is 4.90 Å². The maximum atomic E-state index is 12.7. The Morgan fingerprint density at radius 1 is 1.36 bits per heavy atom.